The maximum absolute atomic E-state index is 9.92. The molecule has 1 unspecified atom stereocenters. The van der Waals surface area contributed by atoms with Crippen LogP contribution in [0.25, 0.3) is 0 Å². The van der Waals surface area contributed by atoms with Crippen LogP contribution in [-0.2, 0) is 0 Å². The van der Waals surface area contributed by atoms with E-state index < -0.39 is 5.60 Å². The second kappa shape index (κ2) is 4.28. The normalized spacial score (nSPS) is 21.0. The van der Waals surface area contributed by atoms with Crippen molar-refractivity contribution < 1.29 is 9.52 Å². The lowest BCUT2D eigenvalue weighted by atomic mass is 9.80. The molecule has 1 atom stereocenters. The molecule has 1 fully saturated rings. The molecule has 0 radical (unpaired) electrons. The Labute approximate surface area is 98.0 Å². The van der Waals surface area contributed by atoms with Gasteiger partial charge in [-0.2, -0.15) is 0 Å². The quantitative estimate of drug-likeness (QED) is 0.887. The highest BCUT2D eigenvalue weighted by Gasteiger charge is 2.34. The average Bonchev–Trinajstić information content (AvgIpc) is 2.58. The van der Waals surface area contributed by atoms with Crippen LogP contribution in [0.1, 0.15) is 38.0 Å². The van der Waals surface area contributed by atoms with Crippen LogP contribution in [0.3, 0.4) is 0 Å². The largest absolute Gasteiger partial charge is 0.466 e. The lowest BCUT2D eigenvalue weighted by Gasteiger charge is -2.37. The minimum Gasteiger partial charge on any atom is -0.466 e. The van der Waals surface area contributed by atoms with Gasteiger partial charge < -0.3 is 14.8 Å². The van der Waals surface area contributed by atoms with Crippen LogP contribution in [-0.4, -0.2) is 17.3 Å². The molecule has 84 valence electrons. The second-order valence-corrected chi connectivity index (χ2v) is 5.17. The Morgan fingerprint density at radius 3 is 2.87 bits per heavy atom. The molecule has 0 aromatic carbocycles. The van der Waals surface area contributed by atoms with Crippen LogP contribution in [0.2, 0.25) is 0 Å². The number of aliphatic hydroxyl groups is 1. The van der Waals surface area contributed by atoms with E-state index in [0.29, 0.717) is 6.54 Å². The van der Waals surface area contributed by atoms with Gasteiger partial charge in [0.1, 0.15) is 5.76 Å². The van der Waals surface area contributed by atoms with Gasteiger partial charge in [-0.1, -0.05) is 0 Å². The topological polar surface area (TPSA) is 45.4 Å². The number of hydrogen-bond donors (Lipinski definition) is 2. The number of nitrogens with one attached hydrogen (secondary N) is 1. The molecule has 0 bridgehead atoms. The standard InChI is InChI=1S/C11H16BrNO2/c1-8(10-9(12)3-6-15-10)13-7-11(14)4-2-5-11/h3,6,8,13-14H,2,4-5,7H2,1H3. The summed E-state index contributed by atoms with van der Waals surface area (Å²) in [7, 11) is 0. The molecule has 1 aliphatic carbocycles. The van der Waals surface area contributed by atoms with E-state index in [9.17, 15) is 5.11 Å². The van der Waals surface area contributed by atoms with Crippen molar-refractivity contribution in [2.45, 2.75) is 37.8 Å². The third kappa shape index (κ3) is 2.44. The van der Waals surface area contributed by atoms with Gasteiger partial charge in [0.15, 0.2) is 0 Å². The van der Waals surface area contributed by atoms with Gasteiger partial charge in [-0.25, -0.2) is 0 Å². The van der Waals surface area contributed by atoms with E-state index in [4.69, 9.17) is 4.42 Å². The van der Waals surface area contributed by atoms with Gasteiger partial charge in [-0.05, 0) is 48.2 Å². The molecule has 1 saturated carbocycles. The summed E-state index contributed by atoms with van der Waals surface area (Å²) in [5.74, 6) is 0.887. The Morgan fingerprint density at radius 1 is 1.67 bits per heavy atom. The molecule has 1 aromatic heterocycles. The first kappa shape index (κ1) is 11.2. The van der Waals surface area contributed by atoms with Crippen LogP contribution in [0.4, 0.5) is 0 Å². The van der Waals surface area contributed by atoms with Crippen molar-refractivity contribution in [3.05, 3.63) is 22.6 Å². The fraction of sp³-hybridized carbons (Fsp3) is 0.636. The van der Waals surface area contributed by atoms with Gasteiger partial charge in [0, 0.05) is 6.54 Å². The second-order valence-electron chi connectivity index (χ2n) is 4.31. The molecule has 4 heteroatoms. The highest BCUT2D eigenvalue weighted by atomic mass is 79.9. The summed E-state index contributed by atoms with van der Waals surface area (Å²) in [5, 5.41) is 13.2. The van der Waals surface area contributed by atoms with Crippen molar-refractivity contribution >= 4 is 15.9 Å². The molecule has 15 heavy (non-hydrogen) atoms. The van der Waals surface area contributed by atoms with Crippen molar-refractivity contribution in [3.63, 3.8) is 0 Å². The summed E-state index contributed by atoms with van der Waals surface area (Å²) in [4.78, 5) is 0. The van der Waals surface area contributed by atoms with Crippen molar-refractivity contribution in [1.29, 1.82) is 0 Å². The Hall–Kier alpha value is -0.320. The monoisotopic (exact) mass is 273 g/mol. The third-order valence-corrected chi connectivity index (χ3v) is 3.71. The predicted molar refractivity (Wildman–Crippen MR) is 61.6 cm³/mol. The van der Waals surface area contributed by atoms with Crippen LogP contribution < -0.4 is 5.32 Å². The van der Waals surface area contributed by atoms with Crippen LogP contribution in [0.15, 0.2) is 21.2 Å². The molecular weight excluding hydrogens is 258 g/mol. The van der Waals surface area contributed by atoms with Crippen LogP contribution >= 0.6 is 15.9 Å². The van der Waals surface area contributed by atoms with E-state index in [-0.39, 0.29) is 6.04 Å². The Bertz CT molecular complexity index is 333. The molecule has 0 amide bonds. The summed E-state index contributed by atoms with van der Waals surface area (Å²) >= 11 is 3.42. The molecular formula is C11H16BrNO2. The number of halogens is 1. The average molecular weight is 274 g/mol. The number of furan rings is 1. The Kier molecular flexibility index (Phi) is 3.19. The maximum Gasteiger partial charge on any atom is 0.134 e. The highest BCUT2D eigenvalue weighted by molar-refractivity contribution is 9.10. The summed E-state index contributed by atoms with van der Waals surface area (Å²) in [6, 6.07) is 2.00. The lowest BCUT2D eigenvalue weighted by Crippen LogP contribution is -2.46. The molecule has 1 heterocycles. The lowest BCUT2D eigenvalue weighted by molar-refractivity contribution is -0.0333. The molecule has 2 N–H and O–H groups in total. The van der Waals surface area contributed by atoms with Gasteiger partial charge in [-0.15, -0.1) is 0 Å². The van der Waals surface area contributed by atoms with Crippen LogP contribution in [0.5, 0.6) is 0 Å². The smallest absolute Gasteiger partial charge is 0.134 e. The zero-order valence-corrected chi connectivity index (χ0v) is 10.4. The number of rotatable bonds is 4. The predicted octanol–water partition coefficient (Wildman–Crippen LogP) is 2.61. The summed E-state index contributed by atoms with van der Waals surface area (Å²) < 4.78 is 6.33. The van der Waals surface area contributed by atoms with E-state index in [2.05, 4.69) is 21.2 Å². The first-order valence-electron chi connectivity index (χ1n) is 5.29. The Balaban J connectivity index is 1.87. The molecule has 1 aliphatic rings. The van der Waals surface area contributed by atoms with Crippen molar-refractivity contribution in [2.24, 2.45) is 0 Å². The fourth-order valence-corrected chi connectivity index (χ4v) is 2.36. The van der Waals surface area contributed by atoms with Crippen molar-refractivity contribution in [2.75, 3.05) is 6.54 Å². The highest BCUT2D eigenvalue weighted by Crippen LogP contribution is 2.32. The van der Waals surface area contributed by atoms with Crippen molar-refractivity contribution in [3.8, 4) is 0 Å². The van der Waals surface area contributed by atoms with Crippen LogP contribution in [0, 0.1) is 0 Å². The van der Waals surface area contributed by atoms with Gasteiger partial charge in [0.25, 0.3) is 0 Å². The van der Waals surface area contributed by atoms with E-state index in [1.165, 1.54) is 0 Å². The van der Waals surface area contributed by atoms with E-state index in [1.54, 1.807) is 6.26 Å². The van der Waals surface area contributed by atoms with E-state index >= 15 is 0 Å². The first-order valence-corrected chi connectivity index (χ1v) is 6.09. The minimum absolute atomic E-state index is 0.124. The van der Waals surface area contributed by atoms with E-state index in [0.717, 1.165) is 29.5 Å². The Morgan fingerprint density at radius 2 is 2.40 bits per heavy atom. The molecule has 0 saturated heterocycles. The van der Waals surface area contributed by atoms with Crippen molar-refractivity contribution in [1.82, 2.24) is 5.32 Å². The van der Waals surface area contributed by atoms with Gasteiger partial charge in [0.05, 0.1) is 22.4 Å². The summed E-state index contributed by atoms with van der Waals surface area (Å²) in [6.07, 6.45) is 4.62. The SMILES string of the molecule is CC(NCC1(O)CCC1)c1occc1Br. The maximum atomic E-state index is 9.92. The van der Waals surface area contributed by atoms with E-state index in [1.807, 2.05) is 13.0 Å². The van der Waals surface area contributed by atoms with Gasteiger partial charge in [0.2, 0.25) is 0 Å². The first-order chi connectivity index (χ1) is 7.11. The molecule has 2 rings (SSSR count). The third-order valence-electron chi connectivity index (χ3n) is 3.06. The molecule has 3 nitrogen and oxygen atoms in total. The summed E-state index contributed by atoms with van der Waals surface area (Å²) in [6.45, 7) is 2.67. The minimum atomic E-state index is -0.479. The van der Waals surface area contributed by atoms with Gasteiger partial charge in [-0.3, -0.25) is 0 Å². The molecule has 1 aromatic rings. The molecule has 0 aliphatic heterocycles. The van der Waals surface area contributed by atoms with Gasteiger partial charge >= 0.3 is 0 Å². The zero-order chi connectivity index (χ0) is 10.9. The molecule has 0 spiro atoms. The zero-order valence-electron chi connectivity index (χ0n) is 8.79. The fourth-order valence-electron chi connectivity index (χ4n) is 1.81. The summed E-state index contributed by atoms with van der Waals surface area (Å²) in [5.41, 5.74) is -0.479. The number of hydrogen-bond acceptors (Lipinski definition) is 3.